The second kappa shape index (κ2) is 8.39. The van der Waals surface area contributed by atoms with Gasteiger partial charge in [0.15, 0.2) is 0 Å². The van der Waals surface area contributed by atoms with E-state index in [9.17, 15) is 14.4 Å². The Morgan fingerprint density at radius 3 is 2.48 bits per heavy atom. The number of carboxylic acid groups (broad SMARTS) is 1. The number of carbonyl (C=O) groups is 2. The van der Waals surface area contributed by atoms with Crippen LogP contribution in [0.15, 0.2) is 47.4 Å². The van der Waals surface area contributed by atoms with E-state index >= 15 is 0 Å². The number of nitrogens with one attached hydrogen (secondary N) is 1. The van der Waals surface area contributed by atoms with Crippen LogP contribution in [0.1, 0.15) is 41.6 Å². The predicted octanol–water partition coefficient (Wildman–Crippen LogP) is 2.92. The van der Waals surface area contributed by atoms with Gasteiger partial charge in [-0.15, -0.1) is 0 Å². The number of aliphatic carboxylic acids is 1. The molecule has 1 aliphatic carbocycles. The average molecular weight is 389 g/mol. The third-order valence-corrected chi connectivity index (χ3v) is 5.32. The monoisotopic (exact) mass is 388 g/mol. The number of carboxylic acids is 1. The molecule has 0 aliphatic heterocycles. The van der Waals surface area contributed by atoms with Crippen LogP contribution in [0, 0.1) is 5.92 Å². The van der Waals surface area contributed by atoms with Gasteiger partial charge in [0.1, 0.15) is 0 Å². The topological polar surface area (TPSA) is 88.4 Å². The standard InChI is InChI=1S/C20H21ClN2O4/c21-17-4-2-1-3-14(17)11-23-12-15(7-10-18(23)24)19(25)22-16-8-5-13(6-9-16)20(26)27/h1-4,7,10,12-13,16H,5-6,8-9,11H2,(H,22,25)(H,26,27). The quantitative estimate of drug-likeness (QED) is 0.824. The van der Waals surface area contributed by atoms with E-state index in [2.05, 4.69) is 5.32 Å². The van der Waals surface area contributed by atoms with Crippen molar-refractivity contribution < 1.29 is 14.7 Å². The van der Waals surface area contributed by atoms with Crippen LogP contribution >= 0.6 is 11.6 Å². The predicted molar refractivity (Wildman–Crippen MR) is 102 cm³/mol. The molecule has 0 saturated heterocycles. The van der Waals surface area contributed by atoms with Gasteiger partial charge in [0.2, 0.25) is 0 Å². The van der Waals surface area contributed by atoms with Crippen molar-refractivity contribution in [3.63, 3.8) is 0 Å². The van der Waals surface area contributed by atoms with Gasteiger partial charge in [0.25, 0.3) is 11.5 Å². The molecule has 0 bridgehead atoms. The summed E-state index contributed by atoms with van der Waals surface area (Å²) in [6, 6.07) is 10.1. The Bertz CT molecular complexity index is 901. The lowest BCUT2D eigenvalue weighted by Crippen LogP contribution is -2.39. The number of amides is 1. The summed E-state index contributed by atoms with van der Waals surface area (Å²) in [5, 5.41) is 12.6. The zero-order valence-corrected chi connectivity index (χ0v) is 15.5. The molecule has 1 aromatic heterocycles. The van der Waals surface area contributed by atoms with Crippen LogP contribution in [0.25, 0.3) is 0 Å². The summed E-state index contributed by atoms with van der Waals surface area (Å²) in [6.07, 6.45) is 3.94. The smallest absolute Gasteiger partial charge is 0.306 e. The zero-order valence-electron chi connectivity index (χ0n) is 14.7. The number of carbonyl (C=O) groups excluding carboxylic acids is 1. The molecular formula is C20H21ClN2O4. The zero-order chi connectivity index (χ0) is 19.4. The fourth-order valence-electron chi connectivity index (χ4n) is 3.35. The molecule has 1 aromatic carbocycles. The molecular weight excluding hydrogens is 368 g/mol. The van der Waals surface area contributed by atoms with E-state index in [0.717, 1.165) is 5.56 Å². The largest absolute Gasteiger partial charge is 0.481 e. The fraction of sp³-hybridized carbons (Fsp3) is 0.350. The minimum absolute atomic E-state index is 0.0444. The van der Waals surface area contributed by atoms with E-state index in [4.69, 9.17) is 16.7 Å². The number of hydrogen-bond donors (Lipinski definition) is 2. The molecule has 6 nitrogen and oxygen atoms in total. The lowest BCUT2D eigenvalue weighted by Gasteiger charge is -2.26. The van der Waals surface area contributed by atoms with Crippen LogP contribution in [0.3, 0.4) is 0 Å². The van der Waals surface area contributed by atoms with Gasteiger partial charge in [-0.25, -0.2) is 0 Å². The molecule has 27 heavy (non-hydrogen) atoms. The summed E-state index contributed by atoms with van der Waals surface area (Å²) in [6.45, 7) is 0.281. The third kappa shape index (κ3) is 4.77. The number of nitrogens with zero attached hydrogens (tertiary/aromatic N) is 1. The summed E-state index contributed by atoms with van der Waals surface area (Å²) in [5.74, 6) is -1.36. The van der Waals surface area contributed by atoms with E-state index < -0.39 is 5.97 Å². The number of halogens is 1. The molecule has 2 N–H and O–H groups in total. The van der Waals surface area contributed by atoms with Crippen LogP contribution in [0.2, 0.25) is 5.02 Å². The molecule has 1 aliphatic rings. The Labute approximate surface area is 161 Å². The van der Waals surface area contributed by atoms with Gasteiger partial charge in [0, 0.05) is 23.3 Å². The molecule has 1 heterocycles. The van der Waals surface area contributed by atoms with Gasteiger partial charge < -0.3 is 15.0 Å². The molecule has 1 fully saturated rings. The molecule has 1 amide bonds. The Kier molecular flexibility index (Phi) is 5.96. The molecule has 7 heteroatoms. The molecule has 1 saturated carbocycles. The molecule has 0 unspecified atom stereocenters. The second-order valence-corrected chi connectivity index (χ2v) is 7.24. The molecule has 3 rings (SSSR count). The van der Waals surface area contributed by atoms with Gasteiger partial charge in [0.05, 0.1) is 18.0 Å². The first-order chi connectivity index (χ1) is 12.9. The van der Waals surface area contributed by atoms with Crippen molar-refractivity contribution >= 4 is 23.5 Å². The minimum atomic E-state index is -0.772. The van der Waals surface area contributed by atoms with E-state index in [1.54, 1.807) is 6.07 Å². The molecule has 0 spiro atoms. The number of hydrogen-bond acceptors (Lipinski definition) is 3. The highest BCUT2D eigenvalue weighted by atomic mass is 35.5. The van der Waals surface area contributed by atoms with Gasteiger partial charge in [-0.1, -0.05) is 29.8 Å². The summed E-state index contributed by atoms with van der Waals surface area (Å²) in [7, 11) is 0. The Morgan fingerprint density at radius 2 is 1.81 bits per heavy atom. The highest BCUT2D eigenvalue weighted by Gasteiger charge is 2.27. The molecule has 142 valence electrons. The van der Waals surface area contributed by atoms with Crippen LogP contribution in [-0.4, -0.2) is 27.6 Å². The van der Waals surface area contributed by atoms with Crippen molar-refractivity contribution in [3.05, 3.63) is 69.1 Å². The SMILES string of the molecule is O=C(NC1CCC(C(=O)O)CC1)c1ccc(=O)n(Cc2ccccc2Cl)c1. The number of aromatic nitrogens is 1. The lowest BCUT2D eigenvalue weighted by atomic mass is 9.86. The molecule has 0 radical (unpaired) electrons. The maximum atomic E-state index is 12.5. The van der Waals surface area contributed by atoms with E-state index in [-0.39, 0.29) is 30.0 Å². The number of benzene rings is 1. The van der Waals surface area contributed by atoms with E-state index in [1.807, 2.05) is 18.2 Å². The summed E-state index contributed by atoms with van der Waals surface area (Å²) >= 11 is 6.16. The number of rotatable bonds is 5. The van der Waals surface area contributed by atoms with Gasteiger partial charge >= 0.3 is 5.97 Å². The van der Waals surface area contributed by atoms with Crippen molar-refractivity contribution in [2.75, 3.05) is 0 Å². The van der Waals surface area contributed by atoms with Crippen LogP contribution in [0.4, 0.5) is 0 Å². The summed E-state index contributed by atoms with van der Waals surface area (Å²) in [4.78, 5) is 35.7. The van der Waals surface area contributed by atoms with Gasteiger partial charge in [-0.05, 0) is 43.4 Å². The van der Waals surface area contributed by atoms with Crippen LogP contribution in [-0.2, 0) is 11.3 Å². The Balaban J connectivity index is 1.68. The van der Waals surface area contributed by atoms with Crippen LogP contribution < -0.4 is 10.9 Å². The van der Waals surface area contributed by atoms with Crippen molar-refractivity contribution in [1.82, 2.24) is 9.88 Å². The first kappa shape index (κ1) is 19.2. The normalized spacial score (nSPS) is 19.4. The summed E-state index contributed by atoms with van der Waals surface area (Å²) < 4.78 is 1.46. The van der Waals surface area contributed by atoms with Crippen molar-refractivity contribution in [1.29, 1.82) is 0 Å². The first-order valence-electron chi connectivity index (χ1n) is 8.91. The van der Waals surface area contributed by atoms with Crippen molar-refractivity contribution in [2.45, 2.75) is 38.3 Å². The maximum Gasteiger partial charge on any atom is 0.306 e. The third-order valence-electron chi connectivity index (χ3n) is 4.96. The van der Waals surface area contributed by atoms with Gasteiger partial charge in [-0.3, -0.25) is 14.4 Å². The Morgan fingerprint density at radius 1 is 1.11 bits per heavy atom. The number of pyridine rings is 1. The van der Waals surface area contributed by atoms with Gasteiger partial charge in [-0.2, -0.15) is 0 Å². The maximum absolute atomic E-state index is 12.5. The second-order valence-electron chi connectivity index (χ2n) is 6.84. The van der Waals surface area contributed by atoms with Crippen LogP contribution in [0.5, 0.6) is 0 Å². The highest BCUT2D eigenvalue weighted by molar-refractivity contribution is 6.31. The molecule has 2 aromatic rings. The van der Waals surface area contributed by atoms with Crippen molar-refractivity contribution in [3.8, 4) is 0 Å². The fourth-order valence-corrected chi connectivity index (χ4v) is 3.55. The molecule has 0 atom stereocenters. The lowest BCUT2D eigenvalue weighted by molar-refractivity contribution is -0.142. The van der Waals surface area contributed by atoms with E-state index in [1.165, 1.54) is 22.9 Å². The minimum Gasteiger partial charge on any atom is -0.481 e. The van der Waals surface area contributed by atoms with E-state index in [0.29, 0.717) is 36.3 Å². The average Bonchev–Trinajstić information content (AvgIpc) is 2.65. The highest BCUT2D eigenvalue weighted by Crippen LogP contribution is 2.24. The Hall–Kier alpha value is -2.60. The summed E-state index contributed by atoms with van der Waals surface area (Å²) in [5.41, 5.74) is 0.973. The first-order valence-corrected chi connectivity index (χ1v) is 9.29. The van der Waals surface area contributed by atoms with Crippen molar-refractivity contribution in [2.24, 2.45) is 5.92 Å².